The second kappa shape index (κ2) is 6.37. The van der Waals surface area contributed by atoms with Crippen molar-refractivity contribution in [2.24, 2.45) is 5.92 Å². The van der Waals surface area contributed by atoms with E-state index in [1.165, 1.54) is 0 Å². The SMILES string of the molecule is CCOc1nc(N)nc(N(C)C(C)CC(C)C)n1. The molecule has 6 heteroatoms. The zero-order valence-corrected chi connectivity index (χ0v) is 11.8. The van der Waals surface area contributed by atoms with Crippen LogP contribution in [0.3, 0.4) is 0 Å². The van der Waals surface area contributed by atoms with E-state index < -0.39 is 0 Å². The Morgan fingerprint density at radius 3 is 2.44 bits per heavy atom. The van der Waals surface area contributed by atoms with Gasteiger partial charge < -0.3 is 15.4 Å². The average Bonchev–Trinajstić information content (AvgIpc) is 2.26. The molecule has 0 aromatic carbocycles. The van der Waals surface area contributed by atoms with Crippen LogP contribution in [0.1, 0.15) is 34.1 Å². The minimum Gasteiger partial charge on any atom is -0.464 e. The summed E-state index contributed by atoms with van der Waals surface area (Å²) in [4.78, 5) is 14.3. The van der Waals surface area contributed by atoms with E-state index in [4.69, 9.17) is 10.5 Å². The monoisotopic (exact) mass is 253 g/mol. The van der Waals surface area contributed by atoms with Crippen molar-refractivity contribution in [2.45, 2.75) is 40.2 Å². The smallest absolute Gasteiger partial charge is 0.323 e. The van der Waals surface area contributed by atoms with Gasteiger partial charge in [0.05, 0.1) is 6.61 Å². The molecule has 1 unspecified atom stereocenters. The molecule has 18 heavy (non-hydrogen) atoms. The highest BCUT2D eigenvalue weighted by Gasteiger charge is 2.16. The molecule has 1 atom stereocenters. The van der Waals surface area contributed by atoms with Crippen molar-refractivity contribution >= 4 is 11.9 Å². The Balaban J connectivity index is 2.87. The van der Waals surface area contributed by atoms with Crippen molar-refractivity contribution in [1.29, 1.82) is 0 Å². The van der Waals surface area contributed by atoms with E-state index in [0.717, 1.165) is 6.42 Å². The van der Waals surface area contributed by atoms with Gasteiger partial charge in [0, 0.05) is 13.1 Å². The lowest BCUT2D eigenvalue weighted by atomic mass is 10.0. The molecule has 0 aliphatic carbocycles. The fourth-order valence-corrected chi connectivity index (χ4v) is 1.75. The summed E-state index contributed by atoms with van der Waals surface area (Å²) < 4.78 is 5.27. The third-order valence-corrected chi connectivity index (χ3v) is 2.68. The van der Waals surface area contributed by atoms with Crippen LogP contribution >= 0.6 is 0 Å². The van der Waals surface area contributed by atoms with Crippen LogP contribution in [0, 0.1) is 5.92 Å². The Morgan fingerprint density at radius 1 is 1.22 bits per heavy atom. The molecule has 1 rings (SSSR count). The molecule has 1 aromatic heterocycles. The number of ether oxygens (including phenoxy) is 1. The largest absolute Gasteiger partial charge is 0.464 e. The summed E-state index contributed by atoms with van der Waals surface area (Å²) in [5.41, 5.74) is 5.66. The van der Waals surface area contributed by atoms with Gasteiger partial charge in [0.2, 0.25) is 11.9 Å². The van der Waals surface area contributed by atoms with Crippen LogP contribution in [0.2, 0.25) is 0 Å². The molecule has 0 saturated carbocycles. The lowest BCUT2D eigenvalue weighted by molar-refractivity contribution is 0.312. The zero-order valence-electron chi connectivity index (χ0n) is 11.8. The maximum atomic E-state index is 5.66. The van der Waals surface area contributed by atoms with Gasteiger partial charge in [0.15, 0.2) is 0 Å². The van der Waals surface area contributed by atoms with Crippen LogP contribution in [-0.4, -0.2) is 34.6 Å². The Hall–Kier alpha value is -1.59. The normalized spacial score (nSPS) is 12.6. The lowest BCUT2D eigenvalue weighted by Gasteiger charge is -2.26. The van der Waals surface area contributed by atoms with Crippen molar-refractivity contribution in [3.63, 3.8) is 0 Å². The summed E-state index contributed by atoms with van der Waals surface area (Å²) in [6.07, 6.45) is 1.06. The van der Waals surface area contributed by atoms with Gasteiger partial charge >= 0.3 is 6.01 Å². The summed E-state index contributed by atoms with van der Waals surface area (Å²) in [5.74, 6) is 1.36. The molecule has 0 fully saturated rings. The van der Waals surface area contributed by atoms with Gasteiger partial charge in [-0.3, -0.25) is 0 Å². The maximum Gasteiger partial charge on any atom is 0.323 e. The molecule has 1 heterocycles. The summed E-state index contributed by atoms with van der Waals surface area (Å²) in [5, 5.41) is 0. The topological polar surface area (TPSA) is 77.2 Å². The second-order valence-corrected chi connectivity index (χ2v) is 4.80. The zero-order chi connectivity index (χ0) is 13.7. The quantitative estimate of drug-likeness (QED) is 0.831. The number of rotatable bonds is 6. The van der Waals surface area contributed by atoms with Crippen LogP contribution in [0.5, 0.6) is 6.01 Å². The van der Waals surface area contributed by atoms with Gasteiger partial charge in [-0.15, -0.1) is 0 Å². The number of nitrogens with zero attached hydrogens (tertiary/aromatic N) is 4. The van der Waals surface area contributed by atoms with Crippen LogP contribution in [0.15, 0.2) is 0 Å². The summed E-state index contributed by atoms with van der Waals surface area (Å²) in [6.45, 7) is 8.91. The van der Waals surface area contributed by atoms with Crippen molar-refractivity contribution < 1.29 is 4.74 Å². The van der Waals surface area contributed by atoms with Crippen molar-refractivity contribution in [3.05, 3.63) is 0 Å². The molecule has 2 N–H and O–H groups in total. The van der Waals surface area contributed by atoms with Crippen LogP contribution < -0.4 is 15.4 Å². The van der Waals surface area contributed by atoms with E-state index in [-0.39, 0.29) is 12.0 Å². The van der Waals surface area contributed by atoms with E-state index >= 15 is 0 Å². The van der Waals surface area contributed by atoms with E-state index in [0.29, 0.717) is 24.5 Å². The first-order chi connectivity index (χ1) is 8.43. The molecule has 102 valence electrons. The molecule has 0 spiro atoms. The summed E-state index contributed by atoms with van der Waals surface area (Å²) >= 11 is 0. The molecule has 1 aromatic rings. The molecule has 0 saturated heterocycles. The number of hydrogen-bond acceptors (Lipinski definition) is 6. The summed E-state index contributed by atoms with van der Waals surface area (Å²) in [6, 6.07) is 0.616. The van der Waals surface area contributed by atoms with Gasteiger partial charge in [-0.25, -0.2) is 0 Å². The molecule has 0 radical (unpaired) electrons. The number of aromatic nitrogens is 3. The number of nitrogen functional groups attached to an aromatic ring is 1. The Labute approximate surface area is 109 Å². The van der Waals surface area contributed by atoms with Crippen LogP contribution in [0.4, 0.5) is 11.9 Å². The number of hydrogen-bond donors (Lipinski definition) is 1. The van der Waals surface area contributed by atoms with Crippen molar-refractivity contribution in [1.82, 2.24) is 15.0 Å². The van der Waals surface area contributed by atoms with Crippen LogP contribution in [0.25, 0.3) is 0 Å². The molecule has 0 bridgehead atoms. The number of anilines is 2. The van der Waals surface area contributed by atoms with Crippen molar-refractivity contribution in [3.8, 4) is 6.01 Å². The highest BCUT2D eigenvalue weighted by atomic mass is 16.5. The van der Waals surface area contributed by atoms with Gasteiger partial charge in [-0.05, 0) is 26.2 Å². The Bertz CT molecular complexity index is 383. The van der Waals surface area contributed by atoms with E-state index in [1.54, 1.807) is 0 Å². The third-order valence-electron chi connectivity index (χ3n) is 2.68. The summed E-state index contributed by atoms with van der Waals surface area (Å²) in [7, 11) is 1.96. The van der Waals surface area contributed by atoms with Crippen molar-refractivity contribution in [2.75, 3.05) is 24.3 Å². The number of nitrogens with two attached hydrogens (primary N) is 1. The molecular weight excluding hydrogens is 230 g/mol. The Kier molecular flexibility index (Phi) is 5.12. The fourth-order valence-electron chi connectivity index (χ4n) is 1.75. The average molecular weight is 253 g/mol. The highest BCUT2D eigenvalue weighted by molar-refractivity contribution is 5.36. The van der Waals surface area contributed by atoms with Gasteiger partial charge in [0.25, 0.3) is 0 Å². The fraction of sp³-hybridized carbons (Fsp3) is 0.750. The van der Waals surface area contributed by atoms with Gasteiger partial charge in [-0.1, -0.05) is 13.8 Å². The van der Waals surface area contributed by atoms with Gasteiger partial charge in [-0.2, -0.15) is 15.0 Å². The molecule has 0 amide bonds. The first-order valence-corrected chi connectivity index (χ1v) is 6.31. The molecule has 0 aliphatic heterocycles. The molecule has 0 aliphatic rings. The minimum absolute atomic E-state index is 0.187. The second-order valence-electron chi connectivity index (χ2n) is 4.80. The van der Waals surface area contributed by atoms with E-state index in [2.05, 4.69) is 35.7 Å². The van der Waals surface area contributed by atoms with Gasteiger partial charge in [0.1, 0.15) is 0 Å². The van der Waals surface area contributed by atoms with E-state index in [9.17, 15) is 0 Å². The first kappa shape index (κ1) is 14.5. The van der Waals surface area contributed by atoms with E-state index in [1.807, 2.05) is 18.9 Å². The first-order valence-electron chi connectivity index (χ1n) is 6.31. The molecular formula is C12H23N5O. The third kappa shape index (κ3) is 4.01. The lowest BCUT2D eigenvalue weighted by Crippen LogP contribution is -2.32. The molecule has 6 nitrogen and oxygen atoms in total. The highest BCUT2D eigenvalue weighted by Crippen LogP contribution is 2.17. The maximum absolute atomic E-state index is 5.66. The minimum atomic E-state index is 0.187. The predicted octanol–water partition coefficient (Wildman–Crippen LogP) is 1.72. The Morgan fingerprint density at radius 2 is 1.89 bits per heavy atom. The predicted molar refractivity (Wildman–Crippen MR) is 72.7 cm³/mol. The van der Waals surface area contributed by atoms with Crippen LogP contribution in [-0.2, 0) is 0 Å². The standard InChI is InChI=1S/C12H23N5O/c1-6-18-12-15-10(13)14-11(16-12)17(5)9(4)7-8(2)3/h8-9H,6-7H2,1-5H3,(H2,13,14,15,16).